The summed E-state index contributed by atoms with van der Waals surface area (Å²) in [7, 11) is -1.85. The minimum absolute atomic E-state index is 0.508. The van der Waals surface area contributed by atoms with E-state index in [1.807, 2.05) is 19.6 Å². The standard InChI is InChI=1S/C8H19NO3Si/c1-8(2,3)9(7(10)11)12-13(4,5)6/h1-6H3,(H,10,11). The molecule has 0 aromatic carbocycles. The molecule has 78 valence electrons. The van der Waals surface area contributed by atoms with E-state index in [2.05, 4.69) is 0 Å². The maximum Gasteiger partial charge on any atom is 0.430 e. The quantitative estimate of drug-likeness (QED) is 0.556. The molecule has 0 aliphatic rings. The fourth-order valence-electron chi connectivity index (χ4n) is 0.737. The highest BCUT2D eigenvalue weighted by Gasteiger charge is 2.32. The molecule has 0 aliphatic heterocycles. The van der Waals surface area contributed by atoms with Gasteiger partial charge < -0.3 is 9.63 Å². The largest absolute Gasteiger partial charge is 0.463 e. The number of rotatable bonds is 2. The highest BCUT2D eigenvalue weighted by molar-refractivity contribution is 6.69. The Bertz CT molecular complexity index is 193. The zero-order valence-electron chi connectivity index (χ0n) is 9.21. The molecule has 1 N–H and O–H groups in total. The van der Waals surface area contributed by atoms with Crippen molar-refractivity contribution in [3.05, 3.63) is 0 Å². The Labute approximate surface area is 80.6 Å². The lowest BCUT2D eigenvalue weighted by molar-refractivity contribution is -0.104. The van der Waals surface area contributed by atoms with Crippen molar-refractivity contribution in [1.29, 1.82) is 0 Å². The van der Waals surface area contributed by atoms with Gasteiger partial charge in [0.15, 0.2) is 0 Å². The number of nitrogens with zero attached hydrogens (tertiary/aromatic N) is 1. The van der Waals surface area contributed by atoms with Gasteiger partial charge in [-0.05, 0) is 40.4 Å². The zero-order valence-corrected chi connectivity index (χ0v) is 10.2. The van der Waals surface area contributed by atoms with E-state index in [1.165, 1.54) is 0 Å². The lowest BCUT2D eigenvalue weighted by Crippen LogP contribution is -2.50. The van der Waals surface area contributed by atoms with Crippen LogP contribution in [0, 0.1) is 0 Å². The molecule has 0 bridgehead atoms. The van der Waals surface area contributed by atoms with E-state index in [4.69, 9.17) is 9.63 Å². The van der Waals surface area contributed by atoms with Crippen molar-refractivity contribution >= 4 is 14.4 Å². The molecule has 0 radical (unpaired) electrons. The van der Waals surface area contributed by atoms with Gasteiger partial charge in [-0.25, -0.2) is 4.79 Å². The van der Waals surface area contributed by atoms with E-state index >= 15 is 0 Å². The van der Waals surface area contributed by atoms with Crippen LogP contribution in [0.4, 0.5) is 4.79 Å². The van der Waals surface area contributed by atoms with Crippen LogP contribution in [0.15, 0.2) is 0 Å². The number of carboxylic acid groups (broad SMARTS) is 1. The van der Waals surface area contributed by atoms with Crippen LogP contribution in [0.1, 0.15) is 20.8 Å². The van der Waals surface area contributed by atoms with Crippen LogP contribution in [0.25, 0.3) is 0 Å². The Balaban J connectivity index is 4.56. The van der Waals surface area contributed by atoms with E-state index in [-0.39, 0.29) is 0 Å². The van der Waals surface area contributed by atoms with Crippen LogP contribution in [0.3, 0.4) is 0 Å². The lowest BCUT2D eigenvalue weighted by Gasteiger charge is -2.36. The van der Waals surface area contributed by atoms with Gasteiger partial charge in [-0.2, -0.15) is 5.06 Å². The first kappa shape index (κ1) is 12.4. The van der Waals surface area contributed by atoms with Crippen LogP contribution < -0.4 is 0 Å². The van der Waals surface area contributed by atoms with Crippen molar-refractivity contribution in [2.24, 2.45) is 0 Å². The first-order valence-electron chi connectivity index (χ1n) is 4.26. The molecule has 0 rings (SSSR count). The van der Waals surface area contributed by atoms with Crippen molar-refractivity contribution < 1.29 is 14.4 Å². The second kappa shape index (κ2) is 3.67. The smallest absolute Gasteiger partial charge is 0.430 e. The van der Waals surface area contributed by atoms with Gasteiger partial charge in [-0.3, -0.25) is 0 Å². The molecule has 4 nitrogen and oxygen atoms in total. The average Bonchev–Trinajstić information content (AvgIpc) is 1.77. The monoisotopic (exact) mass is 205 g/mol. The van der Waals surface area contributed by atoms with Gasteiger partial charge in [0, 0.05) is 0 Å². The lowest BCUT2D eigenvalue weighted by atomic mass is 10.1. The molecule has 0 unspecified atom stereocenters. The van der Waals surface area contributed by atoms with E-state index in [0.29, 0.717) is 0 Å². The first-order chi connectivity index (χ1) is 5.54. The summed E-state index contributed by atoms with van der Waals surface area (Å²) in [5.41, 5.74) is -0.508. The second-order valence-corrected chi connectivity index (χ2v) is 9.36. The minimum atomic E-state index is -1.85. The molecule has 13 heavy (non-hydrogen) atoms. The van der Waals surface area contributed by atoms with E-state index in [0.717, 1.165) is 5.06 Å². The van der Waals surface area contributed by atoms with Crippen LogP contribution in [0.2, 0.25) is 19.6 Å². The number of amides is 1. The molecule has 0 saturated carbocycles. The van der Waals surface area contributed by atoms with E-state index in [1.54, 1.807) is 20.8 Å². The SMILES string of the molecule is CC(C)(C)N(O[Si](C)(C)C)C(=O)O. The Morgan fingerprint density at radius 2 is 1.69 bits per heavy atom. The molecule has 0 heterocycles. The average molecular weight is 205 g/mol. The molecule has 0 fully saturated rings. The Kier molecular flexibility index (Phi) is 3.52. The minimum Gasteiger partial charge on any atom is -0.463 e. The molecule has 5 heteroatoms. The van der Waals surface area contributed by atoms with Crippen LogP contribution in [-0.2, 0) is 4.53 Å². The van der Waals surface area contributed by atoms with Gasteiger partial charge >= 0.3 is 6.09 Å². The van der Waals surface area contributed by atoms with E-state index in [9.17, 15) is 4.79 Å². The summed E-state index contributed by atoms with van der Waals surface area (Å²) in [6.07, 6.45) is -1.03. The molecule has 0 aliphatic carbocycles. The number of carbonyl (C=O) groups is 1. The maximum atomic E-state index is 10.8. The van der Waals surface area contributed by atoms with Gasteiger partial charge in [-0.15, -0.1) is 0 Å². The normalized spacial score (nSPS) is 12.8. The summed E-state index contributed by atoms with van der Waals surface area (Å²) >= 11 is 0. The van der Waals surface area contributed by atoms with Gasteiger partial charge in [0.05, 0.1) is 5.54 Å². The van der Waals surface area contributed by atoms with Crippen molar-refractivity contribution in [1.82, 2.24) is 5.06 Å². The molecule has 0 atom stereocenters. The Morgan fingerprint density at radius 1 is 1.31 bits per heavy atom. The molecular formula is C8H19NO3Si. The molecule has 0 spiro atoms. The van der Waals surface area contributed by atoms with Crippen LogP contribution in [-0.4, -0.2) is 30.1 Å². The number of hydroxylamine groups is 2. The van der Waals surface area contributed by atoms with Gasteiger partial charge in [0.1, 0.15) is 0 Å². The zero-order chi connectivity index (χ0) is 10.9. The molecule has 0 aromatic heterocycles. The molecule has 0 aromatic rings. The molecular weight excluding hydrogens is 186 g/mol. The molecule has 1 amide bonds. The Hall–Kier alpha value is -0.553. The second-order valence-electron chi connectivity index (χ2n) is 4.95. The third-order valence-electron chi connectivity index (χ3n) is 1.15. The Morgan fingerprint density at radius 3 is 1.77 bits per heavy atom. The topological polar surface area (TPSA) is 49.8 Å². The third-order valence-corrected chi connectivity index (χ3v) is 1.88. The fourth-order valence-corrected chi connectivity index (χ4v) is 1.64. The first-order valence-corrected chi connectivity index (χ1v) is 7.67. The summed E-state index contributed by atoms with van der Waals surface area (Å²) < 4.78 is 5.44. The number of hydrogen-bond acceptors (Lipinski definition) is 2. The highest BCUT2D eigenvalue weighted by Crippen LogP contribution is 2.18. The predicted molar refractivity (Wildman–Crippen MR) is 54.0 cm³/mol. The summed E-state index contributed by atoms with van der Waals surface area (Å²) in [4.78, 5) is 10.8. The summed E-state index contributed by atoms with van der Waals surface area (Å²) in [5.74, 6) is 0. The van der Waals surface area contributed by atoms with Gasteiger partial charge in [-0.1, -0.05) is 0 Å². The van der Waals surface area contributed by atoms with Crippen LogP contribution in [0.5, 0.6) is 0 Å². The van der Waals surface area contributed by atoms with Gasteiger partial charge in [0.25, 0.3) is 0 Å². The summed E-state index contributed by atoms with van der Waals surface area (Å²) in [5, 5.41) is 9.94. The summed E-state index contributed by atoms with van der Waals surface area (Å²) in [6.45, 7) is 11.3. The van der Waals surface area contributed by atoms with E-state index < -0.39 is 19.9 Å². The highest BCUT2D eigenvalue weighted by atomic mass is 28.4. The molecule has 0 saturated heterocycles. The maximum absolute atomic E-state index is 10.8. The van der Waals surface area contributed by atoms with Crippen molar-refractivity contribution in [3.8, 4) is 0 Å². The van der Waals surface area contributed by atoms with Crippen molar-refractivity contribution in [2.75, 3.05) is 0 Å². The predicted octanol–water partition coefficient (Wildman–Crippen LogP) is 2.53. The van der Waals surface area contributed by atoms with Gasteiger partial charge in [0.2, 0.25) is 8.32 Å². The third kappa shape index (κ3) is 4.89. The summed E-state index contributed by atoms with van der Waals surface area (Å²) in [6, 6.07) is 0. The van der Waals surface area contributed by atoms with Crippen molar-refractivity contribution in [3.63, 3.8) is 0 Å². The fraction of sp³-hybridized carbons (Fsp3) is 0.875. The van der Waals surface area contributed by atoms with Crippen molar-refractivity contribution in [2.45, 2.75) is 46.0 Å². The number of hydrogen-bond donors (Lipinski definition) is 1. The van der Waals surface area contributed by atoms with Crippen LogP contribution >= 0.6 is 0 Å².